The number of amides is 3. The molecule has 0 aromatic carbocycles. The van der Waals surface area contributed by atoms with Crippen molar-refractivity contribution in [2.45, 2.75) is 38.1 Å². The second-order valence-electron chi connectivity index (χ2n) is 5.66. The van der Waals surface area contributed by atoms with Gasteiger partial charge < -0.3 is 15.5 Å². The normalized spacial score (nSPS) is 27.1. The van der Waals surface area contributed by atoms with Gasteiger partial charge >= 0.3 is 6.03 Å². The summed E-state index contributed by atoms with van der Waals surface area (Å²) in [7, 11) is 0. The fourth-order valence-electron chi connectivity index (χ4n) is 2.78. The molecule has 1 saturated carbocycles. The lowest BCUT2D eigenvalue weighted by atomic mass is 9.78. The lowest BCUT2D eigenvalue weighted by Gasteiger charge is -2.38. The van der Waals surface area contributed by atoms with Gasteiger partial charge in [-0.1, -0.05) is 0 Å². The van der Waals surface area contributed by atoms with Gasteiger partial charge in [0.15, 0.2) is 0 Å². The summed E-state index contributed by atoms with van der Waals surface area (Å²) in [5, 5.41) is 5.92. The van der Waals surface area contributed by atoms with Crippen LogP contribution in [0.3, 0.4) is 0 Å². The van der Waals surface area contributed by atoms with E-state index in [9.17, 15) is 9.59 Å². The summed E-state index contributed by atoms with van der Waals surface area (Å²) in [6, 6.07) is 0.507. The van der Waals surface area contributed by atoms with Gasteiger partial charge in [0, 0.05) is 32.1 Å². The lowest BCUT2D eigenvalue weighted by Crippen LogP contribution is -2.48. The molecule has 5 heteroatoms. The fraction of sp³-hybridized carbons (Fsp3) is 0.833. The number of carbonyl (C=O) groups is 2. The zero-order chi connectivity index (χ0) is 11.9. The van der Waals surface area contributed by atoms with Crippen LogP contribution in [0.25, 0.3) is 0 Å². The Balaban J connectivity index is 1.52. The van der Waals surface area contributed by atoms with Crippen LogP contribution < -0.4 is 10.6 Å². The Labute approximate surface area is 101 Å². The molecule has 3 rings (SSSR count). The van der Waals surface area contributed by atoms with Crippen LogP contribution in [0.2, 0.25) is 0 Å². The first-order valence-electron chi connectivity index (χ1n) is 6.49. The van der Waals surface area contributed by atoms with Gasteiger partial charge in [-0.15, -0.1) is 0 Å². The van der Waals surface area contributed by atoms with E-state index in [1.165, 1.54) is 0 Å². The van der Waals surface area contributed by atoms with Crippen LogP contribution in [0.5, 0.6) is 0 Å². The SMILES string of the molecule is O=C1CC2(CCN(C(=O)NC3CC3)CC2)CN1. The number of nitrogens with one attached hydrogen (secondary N) is 2. The zero-order valence-electron chi connectivity index (χ0n) is 10.00. The smallest absolute Gasteiger partial charge is 0.317 e. The molecular formula is C12H19N3O2. The van der Waals surface area contributed by atoms with Crippen molar-refractivity contribution in [2.24, 2.45) is 5.41 Å². The first-order chi connectivity index (χ1) is 8.17. The van der Waals surface area contributed by atoms with Crippen LogP contribution in [0.4, 0.5) is 4.79 Å². The number of nitrogens with zero attached hydrogens (tertiary/aromatic N) is 1. The van der Waals surface area contributed by atoms with Crippen molar-refractivity contribution in [1.82, 2.24) is 15.5 Å². The van der Waals surface area contributed by atoms with Gasteiger partial charge in [0.05, 0.1) is 0 Å². The van der Waals surface area contributed by atoms with Gasteiger partial charge in [-0.2, -0.15) is 0 Å². The summed E-state index contributed by atoms with van der Waals surface area (Å²) in [4.78, 5) is 25.0. The third kappa shape index (κ3) is 2.23. The van der Waals surface area contributed by atoms with Crippen LogP contribution in [-0.4, -0.2) is 42.5 Å². The van der Waals surface area contributed by atoms with E-state index >= 15 is 0 Å². The summed E-state index contributed by atoms with van der Waals surface area (Å²) >= 11 is 0. The molecule has 0 bridgehead atoms. The van der Waals surface area contributed by atoms with Gasteiger partial charge in [0.2, 0.25) is 5.91 Å². The summed E-state index contributed by atoms with van der Waals surface area (Å²) in [6.45, 7) is 2.37. The minimum absolute atomic E-state index is 0.0830. The van der Waals surface area contributed by atoms with Crippen molar-refractivity contribution in [3.05, 3.63) is 0 Å². The Hall–Kier alpha value is -1.26. The molecule has 0 unspecified atom stereocenters. The predicted octanol–water partition coefficient (Wildman–Crippen LogP) is 0.460. The Morgan fingerprint density at radius 2 is 2.06 bits per heavy atom. The van der Waals surface area contributed by atoms with Crippen LogP contribution in [-0.2, 0) is 4.79 Å². The molecule has 0 atom stereocenters. The van der Waals surface area contributed by atoms with Crippen molar-refractivity contribution >= 4 is 11.9 Å². The van der Waals surface area contributed by atoms with Gasteiger partial charge in [-0.25, -0.2) is 4.79 Å². The number of piperidine rings is 1. The first kappa shape index (κ1) is 10.9. The molecular weight excluding hydrogens is 218 g/mol. The maximum Gasteiger partial charge on any atom is 0.317 e. The molecule has 3 fully saturated rings. The summed E-state index contributed by atoms with van der Waals surface area (Å²) in [6.07, 6.45) is 4.79. The molecule has 17 heavy (non-hydrogen) atoms. The van der Waals surface area contributed by atoms with Gasteiger partial charge in [-0.3, -0.25) is 4.79 Å². The van der Waals surface area contributed by atoms with E-state index in [-0.39, 0.29) is 17.4 Å². The molecule has 3 aliphatic rings. The maximum absolute atomic E-state index is 11.8. The van der Waals surface area contributed by atoms with Crippen molar-refractivity contribution in [2.75, 3.05) is 19.6 Å². The first-order valence-corrected chi connectivity index (χ1v) is 6.49. The maximum atomic E-state index is 11.8. The molecule has 2 heterocycles. The molecule has 1 aliphatic carbocycles. The number of hydrogen-bond acceptors (Lipinski definition) is 2. The number of likely N-dealkylation sites (tertiary alicyclic amines) is 1. The Morgan fingerprint density at radius 1 is 1.35 bits per heavy atom. The molecule has 94 valence electrons. The molecule has 2 aliphatic heterocycles. The van der Waals surface area contributed by atoms with Crippen LogP contribution >= 0.6 is 0 Å². The third-order valence-corrected chi connectivity index (χ3v) is 4.21. The predicted molar refractivity (Wildman–Crippen MR) is 62.4 cm³/mol. The van der Waals surface area contributed by atoms with E-state index in [0.29, 0.717) is 12.5 Å². The molecule has 0 aromatic heterocycles. The molecule has 2 saturated heterocycles. The zero-order valence-corrected chi connectivity index (χ0v) is 10.00. The standard InChI is InChI=1S/C12H19N3O2/c16-10-7-12(8-13-10)3-5-15(6-4-12)11(17)14-9-1-2-9/h9H,1-8H2,(H,13,16)(H,14,17). The average Bonchev–Trinajstić information content (AvgIpc) is 3.05. The monoisotopic (exact) mass is 237 g/mol. The highest BCUT2D eigenvalue weighted by atomic mass is 16.2. The van der Waals surface area contributed by atoms with Crippen molar-refractivity contribution in [3.63, 3.8) is 0 Å². The summed E-state index contributed by atoms with van der Waals surface area (Å²) in [5.41, 5.74) is 0.132. The minimum atomic E-state index is 0.0830. The van der Waals surface area contributed by atoms with E-state index in [1.807, 2.05) is 4.90 Å². The van der Waals surface area contributed by atoms with Crippen LogP contribution in [0, 0.1) is 5.41 Å². The highest BCUT2D eigenvalue weighted by molar-refractivity contribution is 5.79. The lowest BCUT2D eigenvalue weighted by molar-refractivity contribution is -0.119. The van der Waals surface area contributed by atoms with Crippen molar-refractivity contribution < 1.29 is 9.59 Å². The topological polar surface area (TPSA) is 61.4 Å². The largest absolute Gasteiger partial charge is 0.356 e. The van der Waals surface area contributed by atoms with E-state index in [1.54, 1.807) is 0 Å². The second kappa shape index (κ2) is 3.89. The van der Waals surface area contributed by atoms with Crippen molar-refractivity contribution in [3.8, 4) is 0 Å². The van der Waals surface area contributed by atoms with Gasteiger partial charge in [0.25, 0.3) is 0 Å². The second-order valence-corrected chi connectivity index (χ2v) is 5.66. The number of urea groups is 1. The van der Waals surface area contributed by atoms with E-state index in [4.69, 9.17) is 0 Å². The highest BCUT2D eigenvalue weighted by Gasteiger charge is 2.41. The van der Waals surface area contributed by atoms with Gasteiger partial charge in [0.1, 0.15) is 0 Å². The molecule has 3 amide bonds. The molecule has 0 aromatic rings. The molecule has 5 nitrogen and oxygen atoms in total. The Kier molecular flexibility index (Phi) is 2.49. The quantitative estimate of drug-likeness (QED) is 0.696. The Morgan fingerprint density at radius 3 is 2.59 bits per heavy atom. The molecule has 2 N–H and O–H groups in total. The van der Waals surface area contributed by atoms with Crippen molar-refractivity contribution in [1.29, 1.82) is 0 Å². The molecule has 0 radical (unpaired) electrons. The Bertz CT molecular complexity index is 344. The number of carbonyl (C=O) groups excluding carboxylic acids is 2. The molecule has 1 spiro atoms. The van der Waals surface area contributed by atoms with Crippen LogP contribution in [0.15, 0.2) is 0 Å². The van der Waals surface area contributed by atoms with Crippen LogP contribution in [0.1, 0.15) is 32.1 Å². The summed E-state index contributed by atoms with van der Waals surface area (Å²) < 4.78 is 0. The van der Waals surface area contributed by atoms with Gasteiger partial charge in [-0.05, 0) is 31.1 Å². The third-order valence-electron chi connectivity index (χ3n) is 4.21. The number of hydrogen-bond donors (Lipinski definition) is 2. The fourth-order valence-corrected chi connectivity index (χ4v) is 2.78. The highest BCUT2D eigenvalue weighted by Crippen LogP contribution is 2.37. The van der Waals surface area contributed by atoms with E-state index in [0.717, 1.165) is 45.3 Å². The summed E-state index contributed by atoms with van der Waals surface area (Å²) in [5.74, 6) is 0.167. The van der Waals surface area contributed by atoms with E-state index in [2.05, 4.69) is 10.6 Å². The minimum Gasteiger partial charge on any atom is -0.356 e. The average molecular weight is 237 g/mol. The van der Waals surface area contributed by atoms with E-state index < -0.39 is 0 Å². The number of rotatable bonds is 1.